The number of aromatic nitrogens is 5. The molecule has 3 aromatic heterocycles. The van der Waals surface area contributed by atoms with Crippen LogP contribution in [0, 0.1) is 0 Å². The number of hydrogen-bond acceptors (Lipinski definition) is 7. The van der Waals surface area contributed by atoms with E-state index >= 15 is 0 Å². The molecule has 1 atom stereocenters. The Kier molecular flexibility index (Phi) is 5.01. The fourth-order valence-electron chi connectivity index (χ4n) is 3.44. The highest BCUT2D eigenvalue weighted by molar-refractivity contribution is 7.17. The Morgan fingerprint density at radius 2 is 2.07 bits per heavy atom. The summed E-state index contributed by atoms with van der Waals surface area (Å²) in [6.07, 6.45) is 6.88. The van der Waals surface area contributed by atoms with E-state index in [2.05, 4.69) is 20.2 Å². The van der Waals surface area contributed by atoms with Crippen molar-refractivity contribution in [3.63, 3.8) is 0 Å². The quantitative estimate of drug-likeness (QED) is 0.468. The molecule has 0 amide bonds. The minimum absolute atomic E-state index is 0.525. The van der Waals surface area contributed by atoms with Crippen LogP contribution in [0.3, 0.4) is 0 Å². The summed E-state index contributed by atoms with van der Waals surface area (Å²) in [6.45, 7) is 1.50. The van der Waals surface area contributed by atoms with Gasteiger partial charge in [0.1, 0.15) is 35.3 Å². The molecule has 1 fully saturated rings. The zero-order valence-corrected chi connectivity index (χ0v) is 17.8. The largest absolute Gasteiger partial charge is 0.492 e. The van der Waals surface area contributed by atoms with Gasteiger partial charge in [0, 0.05) is 11.4 Å². The van der Waals surface area contributed by atoms with Crippen molar-refractivity contribution in [1.82, 2.24) is 29.3 Å². The molecule has 0 saturated heterocycles. The lowest BCUT2D eigenvalue weighted by Gasteiger charge is -2.11. The maximum absolute atomic E-state index is 11.1. The van der Waals surface area contributed by atoms with Crippen molar-refractivity contribution in [3.8, 4) is 11.4 Å². The van der Waals surface area contributed by atoms with Gasteiger partial charge in [0.15, 0.2) is 0 Å². The molecule has 0 aliphatic heterocycles. The van der Waals surface area contributed by atoms with Crippen LogP contribution in [0.4, 0.5) is 0 Å². The number of likely N-dealkylation sites (N-methyl/N-ethyl adjacent to an activating group) is 1. The summed E-state index contributed by atoms with van der Waals surface area (Å²) in [5, 5.41) is 19.6. The summed E-state index contributed by atoms with van der Waals surface area (Å²) in [6, 6.07) is 7.71. The van der Waals surface area contributed by atoms with Crippen LogP contribution in [-0.4, -0.2) is 61.6 Å². The monoisotopic (exact) mass is 424 g/mol. The minimum atomic E-state index is -0.842. The van der Waals surface area contributed by atoms with Crippen molar-refractivity contribution in [1.29, 1.82) is 0 Å². The van der Waals surface area contributed by atoms with Crippen LogP contribution in [-0.2, 0) is 0 Å². The van der Waals surface area contributed by atoms with E-state index in [1.807, 2.05) is 49.0 Å². The second kappa shape index (κ2) is 7.82. The van der Waals surface area contributed by atoms with Crippen molar-refractivity contribution in [2.45, 2.75) is 24.9 Å². The van der Waals surface area contributed by atoms with Gasteiger partial charge in [-0.2, -0.15) is 0 Å². The normalized spacial score (nSPS) is 15.2. The summed E-state index contributed by atoms with van der Waals surface area (Å²) in [4.78, 5) is 8.57. The lowest BCUT2D eigenvalue weighted by atomic mass is 10.1. The summed E-state index contributed by atoms with van der Waals surface area (Å²) >= 11 is 1.71. The van der Waals surface area contributed by atoms with Gasteiger partial charge in [-0.05, 0) is 57.1 Å². The van der Waals surface area contributed by atoms with Crippen LogP contribution >= 0.6 is 11.3 Å². The fraction of sp³-hybridized carbons (Fsp3) is 0.381. The van der Waals surface area contributed by atoms with Crippen LogP contribution in [0.5, 0.6) is 5.75 Å². The maximum atomic E-state index is 11.1. The van der Waals surface area contributed by atoms with E-state index in [0.717, 1.165) is 28.5 Å². The van der Waals surface area contributed by atoms with Crippen LogP contribution in [0.15, 0.2) is 43.0 Å². The van der Waals surface area contributed by atoms with Gasteiger partial charge in [-0.25, -0.2) is 9.67 Å². The third-order valence-electron chi connectivity index (χ3n) is 5.24. The van der Waals surface area contributed by atoms with E-state index in [9.17, 15) is 5.11 Å². The molecule has 3 heterocycles. The molecule has 5 rings (SSSR count). The average Bonchev–Trinajstić information content (AvgIpc) is 3.14. The highest BCUT2D eigenvalue weighted by Gasteiger charge is 2.33. The Bertz CT molecular complexity index is 1140. The smallest absolute Gasteiger partial charge is 0.141 e. The minimum Gasteiger partial charge on any atom is -0.492 e. The van der Waals surface area contributed by atoms with Crippen molar-refractivity contribution >= 4 is 16.2 Å². The number of nitrogens with zero attached hydrogens (tertiary/aromatic N) is 6. The molecular formula is C21H24N6O2S. The van der Waals surface area contributed by atoms with Crippen molar-refractivity contribution < 1.29 is 9.84 Å². The molecule has 1 unspecified atom stereocenters. The molecule has 0 bridgehead atoms. The van der Waals surface area contributed by atoms with Gasteiger partial charge < -0.3 is 14.7 Å². The first-order chi connectivity index (χ1) is 14.6. The number of aliphatic hydroxyl groups excluding tert-OH is 1. The molecule has 0 spiro atoms. The molecule has 1 aliphatic rings. The summed E-state index contributed by atoms with van der Waals surface area (Å²) in [7, 11) is 4.04. The van der Waals surface area contributed by atoms with E-state index in [-0.39, 0.29) is 0 Å². The molecule has 9 heteroatoms. The van der Waals surface area contributed by atoms with Gasteiger partial charge in [0.2, 0.25) is 0 Å². The Morgan fingerprint density at radius 3 is 2.80 bits per heavy atom. The zero-order chi connectivity index (χ0) is 20.7. The van der Waals surface area contributed by atoms with Crippen LogP contribution in [0.1, 0.15) is 41.1 Å². The Balaban J connectivity index is 1.36. The van der Waals surface area contributed by atoms with Crippen LogP contribution in [0.25, 0.3) is 10.5 Å². The van der Waals surface area contributed by atoms with Gasteiger partial charge in [0.05, 0.1) is 23.8 Å². The van der Waals surface area contributed by atoms with Gasteiger partial charge in [-0.3, -0.25) is 4.40 Å². The number of hydrogen-bond donors (Lipinski definition) is 1. The third kappa shape index (κ3) is 3.71. The molecular weight excluding hydrogens is 400 g/mol. The number of fused-ring (bicyclic) bond motifs is 1. The number of rotatable bonds is 8. The van der Waals surface area contributed by atoms with Gasteiger partial charge >= 0.3 is 0 Å². The van der Waals surface area contributed by atoms with E-state index in [1.54, 1.807) is 28.5 Å². The topological polar surface area (TPSA) is 80.7 Å². The molecule has 1 N–H and O–H groups in total. The predicted octanol–water partition coefficient (Wildman–Crippen LogP) is 2.88. The third-order valence-corrected chi connectivity index (χ3v) is 6.51. The van der Waals surface area contributed by atoms with Gasteiger partial charge in [0.25, 0.3) is 0 Å². The Hall–Kier alpha value is -2.75. The second-order valence-electron chi connectivity index (χ2n) is 7.86. The number of thiazole rings is 1. The fourth-order valence-corrected chi connectivity index (χ4v) is 4.74. The number of imidazole rings is 1. The van der Waals surface area contributed by atoms with Crippen molar-refractivity contribution in [2.24, 2.45) is 0 Å². The second-order valence-corrected chi connectivity index (χ2v) is 8.93. The SMILES string of the molecule is CN(C)CCOc1ccc(-n2cc(C(O)c3c(C4CC4)sc4cncn34)nn2)cc1. The average molecular weight is 425 g/mol. The molecule has 30 heavy (non-hydrogen) atoms. The summed E-state index contributed by atoms with van der Waals surface area (Å²) in [5.74, 6) is 1.35. The number of benzene rings is 1. The first-order valence-corrected chi connectivity index (χ1v) is 10.8. The molecule has 1 aromatic carbocycles. The molecule has 4 aromatic rings. The van der Waals surface area contributed by atoms with Crippen molar-refractivity contribution in [3.05, 3.63) is 59.3 Å². The van der Waals surface area contributed by atoms with Gasteiger partial charge in [-0.15, -0.1) is 16.4 Å². The van der Waals surface area contributed by atoms with E-state index in [4.69, 9.17) is 4.74 Å². The maximum Gasteiger partial charge on any atom is 0.141 e. The highest BCUT2D eigenvalue weighted by atomic mass is 32.1. The van der Waals surface area contributed by atoms with E-state index < -0.39 is 6.10 Å². The predicted molar refractivity (Wildman–Crippen MR) is 115 cm³/mol. The Labute approximate surface area is 178 Å². The van der Waals surface area contributed by atoms with Crippen LogP contribution in [0.2, 0.25) is 0 Å². The first-order valence-electron chi connectivity index (χ1n) is 10.0. The standard InChI is InChI=1S/C21H24N6O2S/c1-25(2)9-10-29-16-7-5-15(6-8-16)27-12-17(23-24-27)20(28)19-21(14-3-4-14)30-18-11-22-13-26(18)19/h5-8,11-14,20,28H,3-4,9-10H2,1-2H3. The van der Waals surface area contributed by atoms with Crippen LogP contribution < -0.4 is 4.74 Å². The lowest BCUT2D eigenvalue weighted by Crippen LogP contribution is -2.19. The number of ether oxygens (including phenoxy) is 1. The number of aliphatic hydroxyl groups is 1. The highest BCUT2D eigenvalue weighted by Crippen LogP contribution is 2.47. The van der Waals surface area contributed by atoms with E-state index in [1.165, 1.54) is 17.7 Å². The van der Waals surface area contributed by atoms with E-state index in [0.29, 0.717) is 18.2 Å². The zero-order valence-electron chi connectivity index (χ0n) is 17.0. The van der Waals surface area contributed by atoms with Crippen molar-refractivity contribution in [2.75, 3.05) is 27.2 Å². The molecule has 156 valence electrons. The first kappa shape index (κ1) is 19.2. The molecule has 8 nitrogen and oxygen atoms in total. The molecule has 1 aliphatic carbocycles. The summed E-state index contributed by atoms with van der Waals surface area (Å²) < 4.78 is 9.39. The Morgan fingerprint density at radius 1 is 1.27 bits per heavy atom. The summed E-state index contributed by atoms with van der Waals surface area (Å²) in [5.41, 5.74) is 2.25. The molecule has 1 saturated carbocycles. The van der Waals surface area contributed by atoms with Gasteiger partial charge in [-0.1, -0.05) is 5.21 Å². The lowest BCUT2D eigenvalue weighted by molar-refractivity contribution is 0.208. The molecule has 0 radical (unpaired) electrons.